The van der Waals surface area contributed by atoms with Crippen molar-refractivity contribution in [1.82, 2.24) is 29.5 Å². The third-order valence-corrected chi connectivity index (χ3v) is 3.99. The van der Waals surface area contributed by atoms with Gasteiger partial charge in [-0.25, -0.2) is 9.67 Å². The van der Waals surface area contributed by atoms with Crippen molar-refractivity contribution in [3.05, 3.63) is 12.7 Å². The first-order valence-corrected chi connectivity index (χ1v) is 6.74. The largest absolute Gasteiger partial charge is 0.343 e. The van der Waals surface area contributed by atoms with Gasteiger partial charge in [-0.05, 0) is 0 Å². The standard InChI is InChI=1S/C12H18N6O2/c1-15-2-3-16-4-5-17(6-10(16)12(15)20)11(19)7-18-9-13-8-14-18/h8-10H,2-7H2,1H3/t10-/m1/s1. The van der Waals surface area contributed by atoms with Gasteiger partial charge in [-0.3, -0.25) is 14.5 Å². The third-order valence-electron chi connectivity index (χ3n) is 3.99. The molecule has 0 N–H and O–H groups in total. The summed E-state index contributed by atoms with van der Waals surface area (Å²) in [6.45, 7) is 3.72. The molecule has 0 unspecified atom stereocenters. The maximum atomic E-state index is 12.2. The van der Waals surface area contributed by atoms with Gasteiger partial charge in [-0.2, -0.15) is 5.10 Å². The van der Waals surface area contributed by atoms with Crippen molar-refractivity contribution in [1.29, 1.82) is 0 Å². The van der Waals surface area contributed by atoms with Crippen LogP contribution in [0, 0.1) is 0 Å². The van der Waals surface area contributed by atoms with Crippen LogP contribution >= 0.6 is 0 Å². The molecule has 8 heteroatoms. The van der Waals surface area contributed by atoms with E-state index in [-0.39, 0.29) is 24.4 Å². The van der Waals surface area contributed by atoms with Gasteiger partial charge in [0.25, 0.3) is 0 Å². The quantitative estimate of drug-likeness (QED) is 0.642. The second-order valence-corrected chi connectivity index (χ2v) is 5.24. The molecule has 2 fully saturated rings. The summed E-state index contributed by atoms with van der Waals surface area (Å²) in [5.74, 6) is 0.0886. The lowest BCUT2D eigenvalue weighted by Gasteiger charge is -2.45. The van der Waals surface area contributed by atoms with Gasteiger partial charge in [0.1, 0.15) is 25.2 Å². The zero-order valence-corrected chi connectivity index (χ0v) is 11.5. The molecule has 108 valence electrons. The number of carbonyl (C=O) groups is 2. The first-order valence-electron chi connectivity index (χ1n) is 6.74. The molecule has 0 aromatic carbocycles. The zero-order valence-electron chi connectivity index (χ0n) is 11.5. The lowest BCUT2D eigenvalue weighted by molar-refractivity contribution is -0.147. The van der Waals surface area contributed by atoms with Crippen molar-refractivity contribution in [3.63, 3.8) is 0 Å². The Hall–Kier alpha value is -1.96. The fourth-order valence-corrected chi connectivity index (χ4v) is 2.74. The number of aromatic nitrogens is 3. The number of amides is 2. The van der Waals surface area contributed by atoms with E-state index in [1.165, 1.54) is 17.3 Å². The molecule has 2 saturated heterocycles. The molecule has 2 amide bonds. The average Bonchev–Trinajstić information content (AvgIpc) is 2.95. The summed E-state index contributed by atoms with van der Waals surface area (Å²) in [4.78, 5) is 33.9. The van der Waals surface area contributed by atoms with Crippen LogP contribution in [0.5, 0.6) is 0 Å². The van der Waals surface area contributed by atoms with E-state index in [4.69, 9.17) is 0 Å². The molecule has 0 radical (unpaired) electrons. The van der Waals surface area contributed by atoms with Crippen LogP contribution in [0.2, 0.25) is 0 Å². The molecule has 20 heavy (non-hydrogen) atoms. The minimum atomic E-state index is -0.192. The van der Waals surface area contributed by atoms with E-state index in [0.29, 0.717) is 13.1 Å². The van der Waals surface area contributed by atoms with Crippen molar-refractivity contribution in [2.45, 2.75) is 12.6 Å². The maximum absolute atomic E-state index is 12.2. The van der Waals surface area contributed by atoms with Crippen LogP contribution < -0.4 is 0 Å². The van der Waals surface area contributed by atoms with Crippen molar-refractivity contribution in [2.75, 3.05) is 39.8 Å². The fraction of sp³-hybridized carbons (Fsp3) is 0.667. The number of carbonyl (C=O) groups excluding carboxylic acids is 2. The van der Waals surface area contributed by atoms with Crippen LogP contribution in [0.25, 0.3) is 0 Å². The van der Waals surface area contributed by atoms with Crippen LogP contribution in [-0.2, 0) is 16.1 Å². The van der Waals surface area contributed by atoms with E-state index in [0.717, 1.165) is 19.6 Å². The Morgan fingerprint density at radius 1 is 1.35 bits per heavy atom. The Balaban J connectivity index is 1.64. The normalized spacial score (nSPS) is 23.9. The van der Waals surface area contributed by atoms with Crippen LogP contribution in [0.15, 0.2) is 12.7 Å². The smallest absolute Gasteiger partial charge is 0.244 e. The second-order valence-electron chi connectivity index (χ2n) is 5.24. The highest BCUT2D eigenvalue weighted by molar-refractivity contribution is 5.84. The SMILES string of the molecule is CN1CCN2CCN(C(=O)Cn3cncn3)C[C@@H]2C1=O. The maximum Gasteiger partial charge on any atom is 0.244 e. The van der Waals surface area contributed by atoms with Gasteiger partial charge in [0.15, 0.2) is 0 Å². The number of hydrogen-bond acceptors (Lipinski definition) is 5. The lowest BCUT2D eigenvalue weighted by atomic mass is 10.1. The lowest BCUT2D eigenvalue weighted by Crippen LogP contribution is -2.64. The molecule has 2 aliphatic heterocycles. The summed E-state index contributed by atoms with van der Waals surface area (Å²) in [6.07, 6.45) is 2.93. The number of likely N-dealkylation sites (N-methyl/N-ethyl adjacent to an activating group) is 1. The summed E-state index contributed by atoms with van der Waals surface area (Å²) in [5.41, 5.74) is 0. The molecule has 1 aromatic rings. The molecule has 0 aliphatic carbocycles. The molecule has 8 nitrogen and oxygen atoms in total. The molecule has 3 heterocycles. The summed E-state index contributed by atoms with van der Waals surface area (Å²) in [6, 6.07) is -0.192. The van der Waals surface area contributed by atoms with Gasteiger partial charge >= 0.3 is 0 Å². The number of hydrogen-bond donors (Lipinski definition) is 0. The third kappa shape index (κ3) is 2.38. The molecular formula is C12H18N6O2. The summed E-state index contributed by atoms with van der Waals surface area (Å²) >= 11 is 0. The predicted molar refractivity (Wildman–Crippen MR) is 69.6 cm³/mol. The van der Waals surface area contributed by atoms with E-state index in [1.54, 1.807) is 9.80 Å². The number of nitrogens with zero attached hydrogens (tertiary/aromatic N) is 6. The number of piperazine rings is 2. The Morgan fingerprint density at radius 3 is 2.90 bits per heavy atom. The molecule has 3 rings (SSSR count). The van der Waals surface area contributed by atoms with E-state index in [9.17, 15) is 9.59 Å². The van der Waals surface area contributed by atoms with Crippen LogP contribution in [0.1, 0.15) is 0 Å². The topological polar surface area (TPSA) is 74.6 Å². The van der Waals surface area contributed by atoms with Crippen LogP contribution in [-0.4, -0.2) is 87.1 Å². The first kappa shape index (κ1) is 13.0. The van der Waals surface area contributed by atoms with Crippen molar-refractivity contribution in [3.8, 4) is 0 Å². The zero-order chi connectivity index (χ0) is 14.1. The molecular weight excluding hydrogens is 260 g/mol. The van der Waals surface area contributed by atoms with E-state index in [1.807, 2.05) is 7.05 Å². The molecule has 2 aliphatic rings. The van der Waals surface area contributed by atoms with Crippen LogP contribution in [0.4, 0.5) is 0 Å². The summed E-state index contributed by atoms with van der Waals surface area (Å²) in [5, 5.41) is 3.93. The van der Waals surface area contributed by atoms with Crippen LogP contribution in [0.3, 0.4) is 0 Å². The van der Waals surface area contributed by atoms with Gasteiger partial charge in [0.2, 0.25) is 11.8 Å². The van der Waals surface area contributed by atoms with E-state index in [2.05, 4.69) is 15.0 Å². The minimum Gasteiger partial charge on any atom is -0.343 e. The minimum absolute atomic E-state index is 0.0174. The van der Waals surface area contributed by atoms with Crippen molar-refractivity contribution < 1.29 is 9.59 Å². The molecule has 0 spiro atoms. The van der Waals surface area contributed by atoms with Crippen molar-refractivity contribution >= 4 is 11.8 Å². The van der Waals surface area contributed by atoms with E-state index >= 15 is 0 Å². The van der Waals surface area contributed by atoms with Gasteiger partial charge in [-0.15, -0.1) is 0 Å². The monoisotopic (exact) mass is 278 g/mol. The predicted octanol–water partition coefficient (Wildman–Crippen LogP) is -1.74. The number of rotatable bonds is 2. The average molecular weight is 278 g/mol. The highest BCUT2D eigenvalue weighted by Crippen LogP contribution is 2.16. The van der Waals surface area contributed by atoms with E-state index < -0.39 is 0 Å². The number of fused-ring (bicyclic) bond motifs is 1. The Bertz CT molecular complexity index is 502. The highest BCUT2D eigenvalue weighted by atomic mass is 16.2. The summed E-state index contributed by atoms with van der Waals surface area (Å²) in [7, 11) is 1.82. The fourth-order valence-electron chi connectivity index (χ4n) is 2.74. The molecule has 1 aromatic heterocycles. The van der Waals surface area contributed by atoms with Crippen molar-refractivity contribution in [2.24, 2.45) is 0 Å². The molecule has 1 atom stereocenters. The Labute approximate surface area is 116 Å². The molecule has 0 bridgehead atoms. The Morgan fingerprint density at radius 2 is 2.15 bits per heavy atom. The van der Waals surface area contributed by atoms with Gasteiger partial charge < -0.3 is 9.80 Å². The van der Waals surface area contributed by atoms with Gasteiger partial charge in [0.05, 0.1) is 0 Å². The van der Waals surface area contributed by atoms with Gasteiger partial charge in [-0.1, -0.05) is 0 Å². The highest BCUT2D eigenvalue weighted by Gasteiger charge is 2.38. The second kappa shape index (κ2) is 5.20. The van der Waals surface area contributed by atoms with Gasteiger partial charge in [0, 0.05) is 39.8 Å². The first-order chi connectivity index (χ1) is 9.65. The molecule has 0 saturated carbocycles. The summed E-state index contributed by atoms with van der Waals surface area (Å²) < 4.78 is 1.50. The Kier molecular flexibility index (Phi) is 3.39.